The molecule has 0 aliphatic heterocycles. The first-order chi connectivity index (χ1) is 19.8. The molecule has 0 fully saturated rings. The van der Waals surface area contributed by atoms with Gasteiger partial charge in [0.25, 0.3) is 0 Å². The van der Waals surface area contributed by atoms with Gasteiger partial charge in [-0.2, -0.15) is 0 Å². The van der Waals surface area contributed by atoms with Crippen LogP contribution in [0.4, 0.5) is 4.79 Å². The quantitative estimate of drug-likeness (QED) is 0.213. The number of rotatable bonds is 10. The van der Waals surface area contributed by atoms with Gasteiger partial charge in [-0.1, -0.05) is 55.8 Å². The lowest BCUT2D eigenvalue weighted by Crippen LogP contribution is -2.32. The summed E-state index contributed by atoms with van der Waals surface area (Å²) in [7, 11) is 1.33. The third-order valence-corrected chi connectivity index (χ3v) is 6.54. The average molecular weight is 575 g/mol. The zero-order valence-electron chi connectivity index (χ0n) is 25.9. The summed E-state index contributed by atoms with van der Waals surface area (Å²) in [6, 6.07) is 14.8. The number of aromatic nitrogens is 1. The van der Waals surface area contributed by atoms with Crippen molar-refractivity contribution < 1.29 is 28.6 Å². The molecule has 0 aliphatic carbocycles. The first kappa shape index (κ1) is 32.3. The Bertz CT molecular complexity index is 1400. The topological polar surface area (TPSA) is 104 Å². The fourth-order valence-corrected chi connectivity index (χ4v) is 4.56. The summed E-state index contributed by atoms with van der Waals surface area (Å²) in [5.74, 6) is -0.513. The lowest BCUT2D eigenvalue weighted by molar-refractivity contribution is -0.144. The van der Waals surface area contributed by atoms with Crippen LogP contribution in [0.2, 0.25) is 0 Å². The summed E-state index contributed by atoms with van der Waals surface area (Å²) in [6.45, 7) is 13.9. The van der Waals surface area contributed by atoms with Gasteiger partial charge in [0.2, 0.25) is 0 Å². The number of methoxy groups -OCH3 is 1. The van der Waals surface area contributed by atoms with Crippen LogP contribution in [0, 0.1) is 19.8 Å². The number of nitrogens with one attached hydrogen (secondary N) is 1. The second-order valence-electron chi connectivity index (χ2n) is 11.8. The third kappa shape index (κ3) is 9.16. The van der Waals surface area contributed by atoms with E-state index in [0.29, 0.717) is 17.9 Å². The maximum atomic E-state index is 13.2. The summed E-state index contributed by atoms with van der Waals surface area (Å²) in [5.41, 5.74) is 6.66. The standard InChI is InChI=1S/C34H42N2O6/c1-21(2)17-29-28(19-35-33(39)42-34(5,6)7)31(25-13-9-22(3)10-14-25)27(23(4)36-29)18-30(37)41-20-24-11-15-26(16-12-24)32(38)40-8/h9-16,21H,17-20H2,1-8H3,(H,35,39). The van der Waals surface area contributed by atoms with E-state index >= 15 is 0 Å². The van der Waals surface area contributed by atoms with E-state index in [0.717, 1.165) is 44.8 Å². The highest BCUT2D eigenvalue weighted by Gasteiger charge is 2.24. The fourth-order valence-electron chi connectivity index (χ4n) is 4.56. The Morgan fingerprint density at radius 1 is 0.929 bits per heavy atom. The Kier molecular flexibility index (Phi) is 10.9. The summed E-state index contributed by atoms with van der Waals surface area (Å²) < 4.78 is 15.9. The van der Waals surface area contributed by atoms with E-state index < -0.39 is 23.6 Å². The van der Waals surface area contributed by atoms with Crippen molar-refractivity contribution in [2.75, 3.05) is 7.11 Å². The molecular weight excluding hydrogens is 532 g/mol. The summed E-state index contributed by atoms with van der Waals surface area (Å²) in [4.78, 5) is 42.4. The van der Waals surface area contributed by atoms with Gasteiger partial charge >= 0.3 is 18.0 Å². The predicted octanol–water partition coefficient (Wildman–Crippen LogP) is 6.66. The Labute approximate surface area is 248 Å². The lowest BCUT2D eigenvalue weighted by Gasteiger charge is -2.23. The zero-order valence-corrected chi connectivity index (χ0v) is 25.9. The van der Waals surface area contributed by atoms with Crippen molar-refractivity contribution in [1.82, 2.24) is 10.3 Å². The SMILES string of the molecule is COC(=O)c1ccc(COC(=O)Cc2c(C)nc(CC(C)C)c(CNC(=O)OC(C)(C)C)c2-c2ccc(C)cc2)cc1. The highest BCUT2D eigenvalue weighted by Crippen LogP contribution is 2.33. The van der Waals surface area contributed by atoms with E-state index in [1.165, 1.54) is 7.11 Å². The fraction of sp³-hybridized carbons (Fsp3) is 0.412. The number of hydrogen-bond acceptors (Lipinski definition) is 7. The van der Waals surface area contributed by atoms with Crippen LogP contribution >= 0.6 is 0 Å². The molecular formula is C34H42N2O6. The Balaban J connectivity index is 1.97. The summed E-state index contributed by atoms with van der Waals surface area (Å²) in [5, 5.41) is 2.90. The van der Waals surface area contributed by atoms with Crippen molar-refractivity contribution in [2.24, 2.45) is 5.92 Å². The van der Waals surface area contributed by atoms with Crippen molar-refractivity contribution in [3.8, 4) is 11.1 Å². The molecule has 1 N–H and O–H groups in total. The molecule has 0 spiro atoms. The highest BCUT2D eigenvalue weighted by molar-refractivity contribution is 5.89. The van der Waals surface area contributed by atoms with Crippen LogP contribution in [-0.2, 0) is 45.0 Å². The number of carbonyl (C=O) groups is 3. The van der Waals surface area contributed by atoms with E-state index in [1.54, 1.807) is 24.3 Å². The molecule has 3 aromatic rings. The van der Waals surface area contributed by atoms with Crippen molar-refractivity contribution in [3.63, 3.8) is 0 Å². The average Bonchev–Trinajstić information content (AvgIpc) is 2.91. The Hall–Kier alpha value is -4.20. The van der Waals surface area contributed by atoms with Crippen LogP contribution in [-0.4, -0.2) is 35.7 Å². The molecule has 8 nitrogen and oxygen atoms in total. The minimum Gasteiger partial charge on any atom is -0.465 e. The molecule has 0 atom stereocenters. The van der Waals surface area contributed by atoms with Crippen molar-refractivity contribution >= 4 is 18.0 Å². The molecule has 0 bridgehead atoms. The van der Waals surface area contributed by atoms with E-state index in [-0.39, 0.29) is 19.6 Å². The van der Waals surface area contributed by atoms with Crippen LogP contribution in [0.1, 0.15) is 78.6 Å². The van der Waals surface area contributed by atoms with Crippen molar-refractivity contribution in [1.29, 1.82) is 0 Å². The van der Waals surface area contributed by atoms with Crippen molar-refractivity contribution in [2.45, 2.75) is 80.1 Å². The molecule has 0 aliphatic rings. The van der Waals surface area contributed by atoms with Gasteiger partial charge in [0.1, 0.15) is 12.2 Å². The van der Waals surface area contributed by atoms with Gasteiger partial charge in [0.05, 0.1) is 19.1 Å². The van der Waals surface area contributed by atoms with Gasteiger partial charge in [0.15, 0.2) is 0 Å². The number of ether oxygens (including phenoxy) is 3. The van der Waals surface area contributed by atoms with E-state index in [4.69, 9.17) is 19.2 Å². The molecule has 0 radical (unpaired) electrons. The Morgan fingerprint density at radius 2 is 1.57 bits per heavy atom. The molecule has 1 amide bonds. The zero-order chi connectivity index (χ0) is 31.0. The van der Waals surface area contributed by atoms with Gasteiger partial charge in [-0.05, 0) is 81.3 Å². The van der Waals surface area contributed by atoms with Gasteiger partial charge in [-0.15, -0.1) is 0 Å². The normalized spacial score (nSPS) is 11.3. The molecule has 224 valence electrons. The monoisotopic (exact) mass is 574 g/mol. The molecule has 8 heteroatoms. The first-order valence-electron chi connectivity index (χ1n) is 14.2. The number of pyridine rings is 1. The molecule has 1 heterocycles. The first-order valence-corrected chi connectivity index (χ1v) is 14.2. The molecule has 1 aromatic heterocycles. The number of nitrogens with zero attached hydrogens (tertiary/aromatic N) is 1. The van der Waals surface area contributed by atoms with Gasteiger partial charge in [-0.3, -0.25) is 9.78 Å². The number of amides is 1. The lowest BCUT2D eigenvalue weighted by atomic mass is 9.88. The minimum absolute atomic E-state index is 0.00365. The van der Waals surface area contributed by atoms with Crippen LogP contribution in [0.3, 0.4) is 0 Å². The number of carbonyl (C=O) groups excluding carboxylic acids is 3. The van der Waals surface area contributed by atoms with E-state index in [1.807, 2.05) is 58.9 Å². The predicted molar refractivity (Wildman–Crippen MR) is 162 cm³/mol. The van der Waals surface area contributed by atoms with Crippen LogP contribution in [0.25, 0.3) is 11.1 Å². The second kappa shape index (κ2) is 14.1. The van der Waals surface area contributed by atoms with Crippen LogP contribution in [0.15, 0.2) is 48.5 Å². The van der Waals surface area contributed by atoms with Crippen LogP contribution in [0.5, 0.6) is 0 Å². The smallest absolute Gasteiger partial charge is 0.407 e. The number of alkyl carbamates (subject to hydrolysis) is 1. The number of hydrogen-bond donors (Lipinski definition) is 1. The molecule has 42 heavy (non-hydrogen) atoms. The molecule has 3 rings (SSSR count). The number of benzene rings is 2. The van der Waals surface area contributed by atoms with Crippen molar-refractivity contribution in [3.05, 3.63) is 87.7 Å². The Morgan fingerprint density at radius 3 is 2.14 bits per heavy atom. The summed E-state index contributed by atoms with van der Waals surface area (Å²) in [6.07, 6.45) is 0.189. The maximum Gasteiger partial charge on any atom is 0.407 e. The molecule has 2 aromatic carbocycles. The number of aryl methyl sites for hydroxylation is 2. The summed E-state index contributed by atoms with van der Waals surface area (Å²) >= 11 is 0. The van der Waals surface area contributed by atoms with Crippen LogP contribution < -0.4 is 5.32 Å². The minimum atomic E-state index is -0.634. The van der Waals surface area contributed by atoms with E-state index in [2.05, 4.69) is 19.2 Å². The second-order valence-corrected chi connectivity index (χ2v) is 11.8. The van der Waals surface area contributed by atoms with Gasteiger partial charge < -0.3 is 19.5 Å². The largest absolute Gasteiger partial charge is 0.465 e. The highest BCUT2D eigenvalue weighted by atomic mass is 16.6. The molecule has 0 unspecified atom stereocenters. The molecule has 0 saturated carbocycles. The number of esters is 2. The van der Waals surface area contributed by atoms with E-state index in [9.17, 15) is 14.4 Å². The van der Waals surface area contributed by atoms with Gasteiger partial charge in [0, 0.05) is 23.5 Å². The molecule has 0 saturated heterocycles. The maximum absolute atomic E-state index is 13.2. The third-order valence-electron chi connectivity index (χ3n) is 6.54. The van der Waals surface area contributed by atoms with Gasteiger partial charge in [-0.25, -0.2) is 9.59 Å².